The third-order valence-electron chi connectivity index (χ3n) is 2.02. The summed E-state index contributed by atoms with van der Waals surface area (Å²) in [6.45, 7) is 0.196. The number of anilines is 1. The van der Waals surface area contributed by atoms with Crippen LogP contribution in [0.25, 0.3) is 0 Å². The SMILES string of the molecule is Nc1ncc(Br)cc1C(=O)NCCCS(N)(=O)=O. The maximum Gasteiger partial charge on any atom is 0.255 e. The summed E-state index contributed by atoms with van der Waals surface area (Å²) in [7, 11) is -3.50. The minimum Gasteiger partial charge on any atom is -0.383 e. The molecule has 0 spiro atoms. The van der Waals surface area contributed by atoms with Crippen molar-refractivity contribution in [1.82, 2.24) is 10.3 Å². The number of carbonyl (C=O) groups is 1. The number of carbonyl (C=O) groups excluding carboxylic acids is 1. The summed E-state index contributed by atoms with van der Waals surface area (Å²) in [4.78, 5) is 15.5. The molecule has 0 saturated heterocycles. The average Bonchev–Trinajstić information content (AvgIpc) is 2.26. The second-order valence-corrected chi connectivity index (χ2v) is 6.21. The summed E-state index contributed by atoms with van der Waals surface area (Å²) in [5.74, 6) is -0.475. The van der Waals surface area contributed by atoms with Crippen molar-refractivity contribution < 1.29 is 13.2 Å². The van der Waals surface area contributed by atoms with Crippen LogP contribution in [0.3, 0.4) is 0 Å². The van der Waals surface area contributed by atoms with E-state index < -0.39 is 15.9 Å². The van der Waals surface area contributed by atoms with E-state index in [0.29, 0.717) is 4.47 Å². The van der Waals surface area contributed by atoms with Gasteiger partial charge in [0.1, 0.15) is 5.82 Å². The van der Waals surface area contributed by atoms with Crippen molar-refractivity contribution in [2.45, 2.75) is 6.42 Å². The Kier molecular flexibility index (Phi) is 5.05. The van der Waals surface area contributed by atoms with Crippen LogP contribution >= 0.6 is 15.9 Å². The zero-order valence-corrected chi connectivity index (χ0v) is 11.8. The minimum atomic E-state index is -3.50. The van der Waals surface area contributed by atoms with Gasteiger partial charge in [0.25, 0.3) is 5.91 Å². The molecule has 0 fully saturated rings. The number of sulfonamides is 1. The van der Waals surface area contributed by atoms with Crippen molar-refractivity contribution in [3.05, 3.63) is 22.3 Å². The molecule has 9 heteroatoms. The average molecular weight is 337 g/mol. The molecule has 7 nitrogen and oxygen atoms in total. The Morgan fingerprint density at radius 2 is 2.17 bits per heavy atom. The molecule has 0 unspecified atom stereocenters. The number of primary sulfonamides is 1. The summed E-state index contributed by atoms with van der Waals surface area (Å²) >= 11 is 3.18. The Labute approximate surface area is 113 Å². The molecule has 1 amide bonds. The van der Waals surface area contributed by atoms with Gasteiger partial charge in [-0.05, 0) is 28.4 Å². The van der Waals surface area contributed by atoms with Crippen LogP contribution in [0.5, 0.6) is 0 Å². The molecule has 0 atom stereocenters. The zero-order valence-electron chi connectivity index (χ0n) is 9.39. The van der Waals surface area contributed by atoms with Gasteiger partial charge >= 0.3 is 0 Å². The standard InChI is InChI=1S/C9H13BrN4O3S/c10-6-4-7(8(11)14-5-6)9(15)13-2-1-3-18(12,16)17/h4-5H,1-3H2,(H2,11,14)(H,13,15)(H2,12,16,17). The maximum atomic E-state index is 11.7. The Balaban J connectivity index is 2.53. The fourth-order valence-electron chi connectivity index (χ4n) is 1.20. The largest absolute Gasteiger partial charge is 0.383 e. The highest BCUT2D eigenvalue weighted by Crippen LogP contribution is 2.15. The number of aromatic nitrogens is 1. The van der Waals surface area contributed by atoms with Gasteiger partial charge in [-0.1, -0.05) is 0 Å². The van der Waals surface area contributed by atoms with E-state index in [4.69, 9.17) is 10.9 Å². The van der Waals surface area contributed by atoms with Gasteiger partial charge in [0.2, 0.25) is 10.0 Å². The van der Waals surface area contributed by atoms with E-state index in [1.165, 1.54) is 12.3 Å². The Morgan fingerprint density at radius 1 is 1.50 bits per heavy atom. The quantitative estimate of drug-likeness (QED) is 0.643. The first-order valence-corrected chi connectivity index (χ1v) is 7.50. The number of hydrogen-bond acceptors (Lipinski definition) is 5. The van der Waals surface area contributed by atoms with E-state index in [1.54, 1.807) is 0 Å². The van der Waals surface area contributed by atoms with Crippen molar-refractivity contribution in [3.63, 3.8) is 0 Å². The molecule has 0 aliphatic rings. The third-order valence-corrected chi connectivity index (χ3v) is 3.31. The molecule has 0 aromatic carbocycles. The number of nitrogen functional groups attached to an aromatic ring is 1. The van der Waals surface area contributed by atoms with Gasteiger partial charge in [-0.15, -0.1) is 0 Å². The molecule has 1 rings (SSSR count). The van der Waals surface area contributed by atoms with Crippen LogP contribution < -0.4 is 16.2 Å². The van der Waals surface area contributed by atoms with Crippen LogP contribution in [0.4, 0.5) is 5.82 Å². The topological polar surface area (TPSA) is 128 Å². The highest BCUT2D eigenvalue weighted by Gasteiger charge is 2.11. The highest BCUT2D eigenvalue weighted by atomic mass is 79.9. The number of nitrogens with zero attached hydrogens (tertiary/aromatic N) is 1. The molecule has 100 valence electrons. The first-order chi connectivity index (χ1) is 8.29. The van der Waals surface area contributed by atoms with Crippen LogP contribution in [-0.4, -0.2) is 31.6 Å². The number of nitrogens with one attached hydrogen (secondary N) is 1. The predicted octanol–water partition coefficient (Wildman–Crippen LogP) is -0.165. The summed E-state index contributed by atoms with van der Waals surface area (Å²) < 4.78 is 22.0. The van der Waals surface area contributed by atoms with Crippen LogP contribution in [0, 0.1) is 0 Å². The molecule has 1 aromatic heterocycles. The van der Waals surface area contributed by atoms with Crippen molar-refractivity contribution in [2.75, 3.05) is 18.0 Å². The predicted molar refractivity (Wildman–Crippen MR) is 71.3 cm³/mol. The van der Waals surface area contributed by atoms with Gasteiger partial charge in [-0.2, -0.15) is 0 Å². The maximum absolute atomic E-state index is 11.7. The van der Waals surface area contributed by atoms with E-state index in [9.17, 15) is 13.2 Å². The van der Waals surface area contributed by atoms with E-state index in [1.807, 2.05) is 0 Å². The van der Waals surface area contributed by atoms with E-state index in [2.05, 4.69) is 26.2 Å². The van der Waals surface area contributed by atoms with Crippen LogP contribution in [0.15, 0.2) is 16.7 Å². The fraction of sp³-hybridized carbons (Fsp3) is 0.333. The number of pyridine rings is 1. The molecular formula is C9H13BrN4O3S. The number of hydrogen-bond donors (Lipinski definition) is 3. The summed E-state index contributed by atoms with van der Waals surface area (Å²) in [6, 6.07) is 1.54. The number of halogens is 1. The van der Waals surface area contributed by atoms with Crippen LogP contribution in [-0.2, 0) is 10.0 Å². The molecule has 1 heterocycles. The fourth-order valence-corrected chi connectivity index (χ4v) is 2.08. The normalized spacial score (nSPS) is 11.2. The lowest BCUT2D eigenvalue weighted by Gasteiger charge is -2.06. The summed E-state index contributed by atoms with van der Waals surface area (Å²) in [5.41, 5.74) is 5.79. The number of nitrogens with two attached hydrogens (primary N) is 2. The van der Waals surface area contributed by atoms with Crippen molar-refractivity contribution >= 4 is 37.7 Å². The first kappa shape index (κ1) is 14.9. The lowest BCUT2D eigenvalue weighted by molar-refractivity contribution is 0.0954. The molecule has 0 bridgehead atoms. The van der Waals surface area contributed by atoms with Crippen LogP contribution in [0.2, 0.25) is 0 Å². The lowest BCUT2D eigenvalue weighted by Crippen LogP contribution is -2.28. The van der Waals surface area contributed by atoms with Gasteiger partial charge < -0.3 is 11.1 Å². The molecule has 0 radical (unpaired) electrons. The second-order valence-electron chi connectivity index (χ2n) is 3.56. The highest BCUT2D eigenvalue weighted by molar-refractivity contribution is 9.10. The summed E-state index contributed by atoms with van der Waals surface area (Å²) in [5, 5.41) is 7.37. The van der Waals surface area contributed by atoms with Gasteiger partial charge in [-0.25, -0.2) is 18.5 Å². The van der Waals surface area contributed by atoms with E-state index in [-0.39, 0.29) is 30.1 Å². The van der Waals surface area contributed by atoms with Gasteiger partial charge in [-0.3, -0.25) is 4.79 Å². The zero-order chi connectivity index (χ0) is 13.8. The van der Waals surface area contributed by atoms with Crippen molar-refractivity contribution in [2.24, 2.45) is 5.14 Å². The smallest absolute Gasteiger partial charge is 0.255 e. The molecule has 1 aromatic rings. The van der Waals surface area contributed by atoms with Crippen molar-refractivity contribution in [3.8, 4) is 0 Å². The molecule has 5 N–H and O–H groups in total. The molecule has 18 heavy (non-hydrogen) atoms. The second kappa shape index (κ2) is 6.12. The Bertz CT molecular complexity index is 547. The first-order valence-electron chi connectivity index (χ1n) is 4.99. The Hall–Kier alpha value is -1.19. The lowest BCUT2D eigenvalue weighted by atomic mass is 10.2. The Morgan fingerprint density at radius 3 is 2.78 bits per heavy atom. The number of amides is 1. The van der Waals surface area contributed by atoms with Gasteiger partial charge in [0.05, 0.1) is 11.3 Å². The molecule has 0 aliphatic heterocycles. The molecule has 0 saturated carbocycles. The van der Waals surface area contributed by atoms with E-state index in [0.717, 1.165) is 0 Å². The van der Waals surface area contributed by atoms with Gasteiger partial charge in [0.15, 0.2) is 0 Å². The van der Waals surface area contributed by atoms with Crippen LogP contribution in [0.1, 0.15) is 16.8 Å². The summed E-state index contributed by atoms with van der Waals surface area (Å²) in [6.07, 6.45) is 1.72. The van der Waals surface area contributed by atoms with Crippen molar-refractivity contribution in [1.29, 1.82) is 0 Å². The molecule has 0 aliphatic carbocycles. The minimum absolute atomic E-state index is 0.113. The monoisotopic (exact) mass is 336 g/mol. The van der Waals surface area contributed by atoms with E-state index >= 15 is 0 Å². The number of rotatable bonds is 5. The molecular weight excluding hydrogens is 324 g/mol. The van der Waals surface area contributed by atoms with Gasteiger partial charge in [0, 0.05) is 17.2 Å². The third kappa shape index (κ3) is 4.98.